The minimum absolute atomic E-state index is 0.360. The number of ether oxygens (including phenoxy) is 1. The van der Waals surface area contributed by atoms with Crippen molar-refractivity contribution in [1.29, 1.82) is 0 Å². The fourth-order valence-electron chi connectivity index (χ4n) is 7.09. The summed E-state index contributed by atoms with van der Waals surface area (Å²) in [6, 6.07) is 0. The Morgan fingerprint density at radius 1 is 1.20 bits per heavy atom. The molecular formula is C18H28O2. The van der Waals surface area contributed by atoms with Gasteiger partial charge in [-0.2, -0.15) is 0 Å². The van der Waals surface area contributed by atoms with Crippen LogP contribution in [0, 0.1) is 22.2 Å². The fraction of sp³-hybridized carbons (Fsp3) is 0.889. The van der Waals surface area contributed by atoms with Gasteiger partial charge in [0.2, 0.25) is 0 Å². The first-order chi connectivity index (χ1) is 9.40. The second-order valence-corrected chi connectivity index (χ2v) is 9.09. The second-order valence-electron chi connectivity index (χ2n) is 9.09. The van der Waals surface area contributed by atoms with Gasteiger partial charge in [0.1, 0.15) is 11.9 Å². The molecule has 0 aromatic heterocycles. The van der Waals surface area contributed by atoms with Crippen molar-refractivity contribution in [1.82, 2.24) is 0 Å². The first kappa shape index (κ1) is 13.2. The number of aliphatic hydroxyl groups is 1. The molecule has 4 aliphatic carbocycles. The van der Waals surface area contributed by atoms with E-state index in [1.54, 1.807) is 0 Å². The Morgan fingerprint density at radius 3 is 2.45 bits per heavy atom. The third-order valence-electron chi connectivity index (χ3n) is 6.43. The average molecular weight is 276 g/mol. The maximum absolute atomic E-state index is 10.6. The number of aliphatic hydroxyl groups excluding tert-OH is 1. The van der Waals surface area contributed by atoms with E-state index >= 15 is 0 Å². The van der Waals surface area contributed by atoms with Crippen LogP contribution in [0.4, 0.5) is 0 Å². The largest absolute Gasteiger partial charge is 0.495 e. The van der Waals surface area contributed by atoms with Crippen molar-refractivity contribution < 1.29 is 9.84 Å². The molecule has 4 fully saturated rings. The SMILES string of the molecule is CC12CC3CC(C)(C1)CC(CC(O)C1=CCCO1)(C3)C2. The highest BCUT2D eigenvalue weighted by molar-refractivity contribution is 5.13. The van der Waals surface area contributed by atoms with Crippen LogP contribution in [0.15, 0.2) is 11.8 Å². The first-order valence-corrected chi connectivity index (χ1v) is 8.41. The zero-order chi connectivity index (χ0) is 14.0. The Hall–Kier alpha value is -0.500. The Balaban J connectivity index is 1.57. The Kier molecular flexibility index (Phi) is 2.66. The molecule has 3 unspecified atom stereocenters. The van der Waals surface area contributed by atoms with Gasteiger partial charge in [-0.15, -0.1) is 0 Å². The molecule has 5 rings (SSSR count). The molecular weight excluding hydrogens is 248 g/mol. The molecule has 0 spiro atoms. The molecule has 3 atom stereocenters. The summed E-state index contributed by atoms with van der Waals surface area (Å²) in [5.41, 5.74) is 1.47. The second kappa shape index (κ2) is 4.03. The van der Waals surface area contributed by atoms with Crippen LogP contribution >= 0.6 is 0 Å². The lowest BCUT2D eigenvalue weighted by Gasteiger charge is -2.66. The third kappa shape index (κ3) is 2.03. The summed E-state index contributed by atoms with van der Waals surface area (Å²) in [6.45, 7) is 5.77. The molecule has 0 amide bonds. The smallest absolute Gasteiger partial charge is 0.121 e. The fourth-order valence-corrected chi connectivity index (χ4v) is 7.09. The maximum atomic E-state index is 10.6. The van der Waals surface area contributed by atoms with Crippen LogP contribution in [0.1, 0.15) is 65.2 Å². The van der Waals surface area contributed by atoms with E-state index in [4.69, 9.17) is 4.74 Å². The molecule has 0 aromatic carbocycles. The van der Waals surface area contributed by atoms with Gasteiger partial charge < -0.3 is 9.84 Å². The van der Waals surface area contributed by atoms with Crippen molar-refractivity contribution >= 4 is 0 Å². The molecule has 4 saturated carbocycles. The van der Waals surface area contributed by atoms with E-state index in [-0.39, 0.29) is 6.10 Å². The van der Waals surface area contributed by atoms with Crippen molar-refractivity contribution in [2.75, 3.05) is 6.61 Å². The lowest BCUT2D eigenvalue weighted by atomic mass is 9.39. The van der Waals surface area contributed by atoms with Crippen LogP contribution in [-0.4, -0.2) is 17.8 Å². The van der Waals surface area contributed by atoms with Crippen molar-refractivity contribution in [2.24, 2.45) is 22.2 Å². The topological polar surface area (TPSA) is 29.5 Å². The van der Waals surface area contributed by atoms with Crippen LogP contribution in [0.5, 0.6) is 0 Å². The zero-order valence-electron chi connectivity index (χ0n) is 13.0. The predicted molar refractivity (Wildman–Crippen MR) is 79.1 cm³/mol. The molecule has 2 heteroatoms. The predicted octanol–water partition coefficient (Wildman–Crippen LogP) is 4.04. The molecule has 1 N–H and O–H groups in total. The van der Waals surface area contributed by atoms with Crippen molar-refractivity contribution in [3.63, 3.8) is 0 Å². The molecule has 5 aliphatic rings. The van der Waals surface area contributed by atoms with Crippen molar-refractivity contribution in [3.8, 4) is 0 Å². The van der Waals surface area contributed by atoms with Gasteiger partial charge in [0.05, 0.1) is 6.61 Å². The molecule has 0 aromatic rings. The highest BCUT2D eigenvalue weighted by Gasteiger charge is 2.60. The van der Waals surface area contributed by atoms with Gasteiger partial charge in [0.25, 0.3) is 0 Å². The van der Waals surface area contributed by atoms with Crippen LogP contribution in [0.3, 0.4) is 0 Å². The van der Waals surface area contributed by atoms with Crippen LogP contribution in [-0.2, 0) is 4.74 Å². The molecule has 0 saturated heterocycles. The van der Waals surface area contributed by atoms with Crippen LogP contribution < -0.4 is 0 Å². The lowest BCUT2D eigenvalue weighted by Crippen LogP contribution is -2.55. The number of hydrogen-bond donors (Lipinski definition) is 1. The normalized spacial score (nSPS) is 51.0. The third-order valence-corrected chi connectivity index (χ3v) is 6.43. The summed E-state index contributed by atoms with van der Waals surface area (Å²) in [5.74, 6) is 1.77. The minimum atomic E-state index is -0.360. The van der Waals surface area contributed by atoms with E-state index in [1.165, 1.54) is 38.5 Å². The van der Waals surface area contributed by atoms with E-state index in [9.17, 15) is 5.11 Å². The lowest BCUT2D eigenvalue weighted by molar-refractivity contribution is -0.156. The van der Waals surface area contributed by atoms with Gasteiger partial charge in [-0.25, -0.2) is 0 Å². The Bertz CT molecular complexity index is 434. The van der Waals surface area contributed by atoms with Crippen LogP contribution in [0.2, 0.25) is 0 Å². The minimum Gasteiger partial charge on any atom is -0.495 e. The Morgan fingerprint density at radius 2 is 1.90 bits per heavy atom. The first-order valence-electron chi connectivity index (χ1n) is 8.41. The van der Waals surface area contributed by atoms with E-state index in [0.717, 1.165) is 31.1 Å². The summed E-state index contributed by atoms with van der Waals surface area (Å²) >= 11 is 0. The van der Waals surface area contributed by atoms with Gasteiger partial charge in [-0.1, -0.05) is 13.8 Å². The molecule has 2 nitrogen and oxygen atoms in total. The van der Waals surface area contributed by atoms with E-state index < -0.39 is 0 Å². The van der Waals surface area contributed by atoms with Crippen LogP contribution in [0.25, 0.3) is 0 Å². The summed E-state index contributed by atoms with van der Waals surface area (Å²) < 4.78 is 5.59. The molecule has 20 heavy (non-hydrogen) atoms. The van der Waals surface area contributed by atoms with Crippen molar-refractivity contribution in [2.45, 2.75) is 71.3 Å². The maximum Gasteiger partial charge on any atom is 0.121 e. The summed E-state index contributed by atoms with van der Waals surface area (Å²) in [6.07, 6.45) is 11.9. The molecule has 4 bridgehead atoms. The monoisotopic (exact) mass is 276 g/mol. The summed E-state index contributed by atoms with van der Waals surface area (Å²) in [7, 11) is 0. The summed E-state index contributed by atoms with van der Waals surface area (Å²) in [5, 5.41) is 10.6. The highest BCUT2D eigenvalue weighted by Crippen LogP contribution is 2.70. The number of rotatable bonds is 3. The molecule has 1 aliphatic heterocycles. The molecule has 0 radical (unpaired) electrons. The van der Waals surface area contributed by atoms with E-state index in [0.29, 0.717) is 16.2 Å². The van der Waals surface area contributed by atoms with E-state index in [2.05, 4.69) is 19.9 Å². The van der Waals surface area contributed by atoms with Gasteiger partial charge in [-0.05, 0) is 73.2 Å². The van der Waals surface area contributed by atoms with Crippen molar-refractivity contribution in [3.05, 3.63) is 11.8 Å². The number of hydrogen-bond acceptors (Lipinski definition) is 2. The average Bonchev–Trinajstić information content (AvgIpc) is 2.75. The van der Waals surface area contributed by atoms with Gasteiger partial charge >= 0.3 is 0 Å². The van der Waals surface area contributed by atoms with E-state index in [1.807, 2.05) is 0 Å². The highest BCUT2D eigenvalue weighted by atomic mass is 16.5. The van der Waals surface area contributed by atoms with Gasteiger partial charge in [0, 0.05) is 6.42 Å². The Labute approximate surface area is 122 Å². The van der Waals surface area contributed by atoms with Gasteiger partial charge in [-0.3, -0.25) is 0 Å². The zero-order valence-corrected chi connectivity index (χ0v) is 13.0. The van der Waals surface area contributed by atoms with Gasteiger partial charge in [0.15, 0.2) is 0 Å². The molecule has 112 valence electrons. The standard InChI is InChI=1S/C18H28O2/c1-16-6-13-7-17(2,10-16)12-18(8-13,11-16)9-14(19)15-4-3-5-20-15/h4,13-14,19H,3,5-12H2,1-2H3. The molecule has 1 heterocycles. The quantitative estimate of drug-likeness (QED) is 0.843. The summed E-state index contributed by atoms with van der Waals surface area (Å²) in [4.78, 5) is 0.